The summed E-state index contributed by atoms with van der Waals surface area (Å²) in [5, 5.41) is 29.4. The minimum absolute atomic E-state index is 0.0146. The van der Waals surface area contributed by atoms with Gasteiger partial charge < -0.3 is 47.5 Å². The van der Waals surface area contributed by atoms with Crippen molar-refractivity contribution in [1.29, 1.82) is 0 Å². The molecule has 0 heterocycles. The molecule has 4 aliphatic rings. The molecule has 404 valence electrons. The number of carbonyl (C=O) groups excluding carboxylic acids is 8. The molecule has 2 saturated carbocycles. The van der Waals surface area contributed by atoms with Crippen LogP contribution in [0.25, 0.3) is 0 Å². The number of aromatic hydroxyl groups is 1. The van der Waals surface area contributed by atoms with Gasteiger partial charge in [0.1, 0.15) is 31.0 Å². The molecule has 8 atom stereocenters. The van der Waals surface area contributed by atoms with Gasteiger partial charge >= 0.3 is 12.1 Å². The standard InChI is InChI=1S/C57H76N8O10/c1-33(2)47(61-34(3)66)49(70)64-43(11-8-28-59-52(58)73)48(69)63-38-18-12-35(13-19-38)32-75-53(74)60-31-46(68)62-39-20-14-36-16-22-44-54(4,41(36)29-39)24-9-26-56(44,6)50(71)65-51(72)57(7)27-10-25-55(5)42-30-40(67)21-15-37(42)17-23-45(55)57/h12-15,18-21,29-30,33,43-45,47,67H,8-11,16-17,22-28,31-32H2,1-7H3,(H,60,74)(H,61,66)(H,62,68)(H,63,69)(H,64,70)(H3,58,59,73)(H,65,71,72)/t43-,44+,45+,47?,54+,55+,56-,57-/m0/s1. The van der Waals surface area contributed by atoms with Crippen LogP contribution in [-0.4, -0.2) is 77.8 Å². The lowest BCUT2D eigenvalue weighted by molar-refractivity contribution is -0.150. The average molecular weight is 1030 g/mol. The maximum atomic E-state index is 14.7. The van der Waals surface area contributed by atoms with Crippen LogP contribution in [0.5, 0.6) is 5.75 Å². The number of primary amides is 1. The Morgan fingerprint density at radius 1 is 0.707 bits per heavy atom. The molecule has 3 aromatic rings. The number of hydrogen-bond donors (Lipinski definition) is 9. The summed E-state index contributed by atoms with van der Waals surface area (Å²) in [6.07, 6.45) is 7.57. The number of alkyl carbamates (subject to hydrolysis) is 1. The Labute approximate surface area is 439 Å². The molecule has 0 aliphatic heterocycles. The van der Waals surface area contributed by atoms with Crippen molar-refractivity contribution in [3.8, 4) is 5.75 Å². The van der Waals surface area contributed by atoms with Gasteiger partial charge in [0.25, 0.3) is 0 Å². The summed E-state index contributed by atoms with van der Waals surface area (Å²) in [5.74, 6) is -2.43. The van der Waals surface area contributed by atoms with E-state index >= 15 is 0 Å². The zero-order valence-electron chi connectivity index (χ0n) is 44.5. The van der Waals surface area contributed by atoms with E-state index in [9.17, 15) is 43.5 Å². The number of benzene rings is 3. The number of nitrogens with two attached hydrogens (primary N) is 1. The summed E-state index contributed by atoms with van der Waals surface area (Å²) in [5.41, 5.74) is 8.99. The third-order valence-electron chi connectivity index (χ3n) is 17.1. The number of carbonyl (C=O) groups is 8. The van der Waals surface area contributed by atoms with Gasteiger partial charge in [0.05, 0.1) is 10.8 Å². The molecular weight excluding hydrogens is 957 g/mol. The number of phenols is 1. The van der Waals surface area contributed by atoms with Gasteiger partial charge in [-0.15, -0.1) is 0 Å². The number of phenolic OH excluding ortho intramolecular Hbond substituents is 1. The molecule has 0 aromatic heterocycles. The summed E-state index contributed by atoms with van der Waals surface area (Å²) in [6.45, 7) is 13.0. The fourth-order valence-electron chi connectivity index (χ4n) is 13.2. The lowest BCUT2D eigenvalue weighted by Gasteiger charge is -2.56. The fraction of sp³-hybridized carbons (Fsp3) is 0.544. The lowest BCUT2D eigenvalue weighted by Crippen LogP contribution is -2.60. The highest BCUT2D eigenvalue weighted by Crippen LogP contribution is 2.60. The highest BCUT2D eigenvalue weighted by Gasteiger charge is 2.58. The number of amides is 9. The smallest absolute Gasteiger partial charge is 0.407 e. The van der Waals surface area contributed by atoms with Crippen molar-refractivity contribution in [2.45, 2.75) is 155 Å². The maximum absolute atomic E-state index is 14.7. The molecule has 9 amide bonds. The van der Waals surface area contributed by atoms with Gasteiger partial charge in [-0.3, -0.25) is 34.1 Å². The third-order valence-corrected chi connectivity index (χ3v) is 17.1. The topological polar surface area (TPSA) is 276 Å². The number of nitrogens with one attached hydrogen (secondary N) is 7. The molecule has 18 nitrogen and oxygen atoms in total. The first-order chi connectivity index (χ1) is 35.5. The second kappa shape index (κ2) is 22.9. The largest absolute Gasteiger partial charge is 0.508 e. The van der Waals surface area contributed by atoms with E-state index in [1.54, 1.807) is 44.2 Å². The van der Waals surface area contributed by atoms with Crippen LogP contribution in [0, 0.1) is 28.6 Å². The van der Waals surface area contributed by atoms with Crippen LogP contribution in [-0.2, 0) is 63.8 Å². The summed E-state index contributed by atoms with van der Waals surface area (Å²) in [6, 6.07) is 15.3. The number of anilines is 2. The normalized spacial score (nSPS) is 25.2. The van der Waals surface area contributed by atoms with Gasteiger partial charge in [0.2, 0.25) is 35.4 Å². The molecule has 10 N–H and O–H groups in total. The van der Waals surface area contributed by atoms with Crippen molar-refractivity contribution in [3.63, 3.8) is 0 Å². The highest BCUT2D eigenvalue weighted by atomic mass is 16.5. The van der Waals surface area contributed by atoms with Gasteiger partial charge in [-0.2, -0.15) is 0 Å². The van der Waals surface area contributed by atoms with E-state index < -0.39 is 64.1 Å². The summed E-state index contributed by atoms with van der Waals surface area (Å²) in [7, 11) is 0. The zero-order chi connectivity index (χ0) is 54.5. The number of imide groups is 1. The molecule has 0 saturated heterocycles. The van der Waals surface area contributed by atoms with Crippen molar-refractivity contribution in [2.24, 2.45) is 34.3 Å². The molecule has 7 rings (SSSR count). The number of ether oxygens (including phenoxy) is 1. The Morgan fingerprint density at radius 3 is 1.85 bits per heavy atom. The van der Waals surface area contributed by atoms with Crippen molar-refractivity contribution in [3.05, 3.63) is 88.5 Å². The van der Waals surface area contributed by atoms with Crippen LogP contribution in [0.2, 0.25) is 0 Å². The third kappa shape index (κ3) is 12.3. The molecule has 75 heavy (non-hydrogen) atoms. The predicted octanol–water partition coefficient (Wildman–Crippen LogP) is 6.65. The van der Waals surface area contributed by atoms with E-state index in [1.165, 1.54) is 12.5 Å². The van der Waals surface area contributed by atoms with Crippen LogP contribution in [0.4, 0.5) is 21.0 Å². The van der Waals surface area contributed by atoms with E-state index in [4.69, 9.17) is 10.5 Å². The SMILES string of the molecule is CC(=O)NC(C(=O)N[C@@H](CCCNC(N)=O)C(=O)Nc1ccc(COC(=O)NCC(=O)Nc2ccc3c(c2)[C@@]2(C)CCC[C@](C)(C(=O)NC(=O)[C@@]4(C)CCC[C@]5(C)c6cc(O)ccc6CC[C@@H]45)[C@@H]2CC3)cc1)C(C)C. The first-order valence-electron chi connectivity index (χ1n) is 26.5. The minimum Gasteiger partial charge on any atom is -0.508 e. The second-order valence-corrected chi connectivity index (χ2v) is 22.6. The number of rotatable bonds is 17. The van der Waals surface area contributed by atoms with E-state index in [-0.39, 0.29) is 66.8 Å². The lowest BCUT2D eigenvalue weighted by atomic mass is 9.49. The first-order valence-corrected chi connectivity index (χ1v) is 26.5. The predicted molar refractivity (Wildman–Crippen MR) is 283 cm³/mol. The fourth-order valence-corrected chi connectivity index (χ4v) is 13.2. The molecule has 3 aromatic carbocycles. The molecule has 1 unspecified atom stereocenters. The molecule has 0 radical (unpaired) electrons. The Balaban J connectivity index is 0.910. The van der Waals surface area contributed by atoms with E-state index in [0.29, 0.717) is 36.2 Å². The minimum atomic E-state index is -1.01. The molecule has 0 bridgehead atoms. The summed E-state index contributed by atoms with van der Waals surface area (Å²) >= 11 is 0. The molecule has 18 heteroatoms. The highest BCUT2D eigenvalue weighted by molar-refractivity contribution is 6.01. The van der Waals surface area contributed by atoms with Crippen LogP contribution < -0.4 is 43.0 Å². The zero-order valence-corrected chi connectivity index (χ0v) is 44.5. The van der Waals surface area contributed by atoms with Gasteiger partial charge in [0, 0.05) is 24.8 Å². The van der Waals surface area contributed by atoms with Gasteiger partial charge in [-0.1, -0.05) is 78.6 Å². The van der Waals surface area contributed by atoms with Crippen molar-refractivity contribution < 1.29 is 48.2 Å². The van der Waals surface area contributed by atoms with Crippen LogP contribution in [0.3, 0.4) is 0 Å². The number of aryl methyl sites for hydroxylation is 2. The Morgan fingerprint density at radius 2 is 1.28 bits per heavy atom. The second-order valence-electron chi connectivity index (χ2n) is 22.6. The van der Waals surface area contributed by atoms with Gasteiger partial charge in [-0.05, 0) is 157 Å². The molecule has 0 spiro atoms. The van der Waals surface area contributed by atoms with E-state index in [0.717, 1.165) is 68.1 Å². The van der Waals surface area contributed by atoms with Crippen LogP contribution in [0.1, 0.15) is 140 Å². The van der Waals surface area contributed by atoms with Crippen molar-refractivity contribution in [1.82, 2.24) is 26.6 Å². The Bertz CT molecular complexity index is 2690. The Kier molecular flexibility index (Phi) is 17.0. The van der Waals surface area contributed by atoms with E-state index in [2.05, 4.69) is 51.1 Å². The molecule has 2 fully saturated rings. The summed E-state index contributed by atoms with van der Waals surface area (Å²) in [4.78, 5) is 105. The maximum Gasteiger partial charge on any atom is 0.407 e. The number of fused-ring (bicyclic) bond motifs is 6. The number of hydrogen-bond acceptors (Lipinski definition) is 10. The monoisotopic (exact) mass is 1030 g/mol. The molecular formula is C57H76N8O10. The summed E-state index contributed by atoms with van der Waals surface area (Å²) < 4.78 is 5.37. The number of urea groups is 1. The quantitative estimate of drug-likeness (QED) is 0.0513. The van der Waals surface area contributed by atoms with Crippen LogP contribution >= 0.6 is 0 Å². The Hall–Kier alpha value is -6.98. The van der Waals surface area contributed by atoms with Gasteiger partial charge in [-0.25, -0.2) is 9.59 Å². The first kappa shape index (κ1) is 55.8. The van der Waals surface area contributed by atoms with E-state index in [1.807, 2.05) is 44.2 Å². The average Bonchev–Trinajstić information content (AvgIpc) is 3.35. The van der Waals surface area contributed by atoms with Crippen molar-refractivity contribution in [2.75, 3.05) is 23.7 Å². The van der Waals surface area contributed by atoms with Crippen LogP contribution in [0.15, 0.2) is 60.7 Å². The van der Waals surface area contributed by atoms with Gasteiger partial charge in [0.15, 0.2) is 0 Å². The van der Waals surface area contributed by atoms with Crippen molar-refractivity contribution >= 4 is 58.9 Å². The molecule has 4 aliphatic carbocycles.